The van der Waals surface area contributed by atoms with E-state index in [1.54, 1.807) is 17.8 Å². The van der Waals surface area contributed by atoms with Gasteiger partial charge in [0.15, 0.2) is 0 Å². The smallest absolute Gasteiger partial charge is 0.233 e. The van der Waals surface area contributed by atoms with Crippen LogP contribution in [-0.2, 0) is 4.79 Å². The molecule has 1 radical (unpaired) electrons. The maximum Gasteiger partial charge on any atom is 0.233 e. The third-order valence-electron chi connectivity index (χ3n) is 5.01. The Morgan fingerprint density at radius 2 is 1.55 bits per heavy atom. The van der Waals surface area contributed by atoms with E-state index in [-0.39, 0.29) is 5.91 Å². The first-order valence-corrected chi connectivity index (χ1v) is 10.4. The molecule has 29 heavy (non-hydrogen) atoms. The van der Waals surface area contributed by atoms with Crippen molar-refractivity contribution >= 4 is 43.8 Å². The van der Waals surface area contributed by atoms with Crippen molar-refractivity contribution in [2.75, 3.05) is 5.32 Å². The van der Waals surface area contributed by atoms with E-state index in [2.05, 4.69) is 41.7 Å². The van der Waals surface area contributed by atoms with E-state index in [9.17, 15) is 4.79 Å². The number of hydrogen-bond donors (Lipinski definition) is 1. The van der Waals surface area contributed by atoms with Crippen LogP contribution in [-0.4, -0.2) is 5.91 Å². The monoisotopic (exact) mass is 392 g/mol. The number of hydrogen-bond acceptors (Lipinski definition) is 2. The normalized spacial score (nSPS) is 11.0. The van der Waals surface area contributed by atoms with Crippen LogP contribution in [0, 0.1) is 6.42 Å². The molecular weight excluding hydrogens is 374 g/mol. The van der Waals surface area contributed by atoms with Crippen molar-refractivity contribution in [1.82, 2.24) is 0 Å². The van der Waals surface area contributed by atoms with Crippen LogP contribution < -0.4 is 5.32 Å². The Kier molecular flexibility index (Phi) is 4.59. The molecule has 1 aromatic heterocycles. The van der Waals surface area contributed by atoms with E-state index < -0.39 is 0 Å². The molecule has 139 valence electrons. The molecule has 1 N–H and O–H groups in total. The molecule has 0 aliphatic carbocycles. The topological polar surface area (TPSA) is 29.1 Å². The predicted octanol–water partition coefficient (Wildman–Crippen LogP) is 6.91. The molecule has 0 spiro atoms. The lowest BCUT2D eigenvalue weighted by molar-refractivity contribution is -0.112. The van der Waals surface area contributed by atoms with Crippen molar-refractivity contribution in [3.63, 3.8) is 0 Å². The molecule has 0 saturated heterocycles. The van der Waals surface area contributed by atoms with E-state index in [1.807, 2.05) is 60.0 Å². The highest BCUT2D eigenvalue weighted by molar-refractivity contribution is 7.17. The van der Waals surface area contributed by atoms with Gasteiger partial charge in [-0.25, -0.2) is 0 Å². The fourth-order valence-corrected chi connectivity index (χ4v) is 4.46. The Labute approximate surface area is 173 Å². The van der Waals surface area contributed by atoms with Gasteiger partial charge in [-0.15, -0.1) is 11.3 Å². The molecule has 0 saturated carbocycles. The summed E-state index contributed by atoms with van der Waals surface area (Å²) in [4.78, 5) is 12.7. The molecule has 5 rings (SSSR count). The number of fused-ring (bicyclic) bond motifs is 2. The van der Waals surface area contributed by atoms with Crippen molar-refractivity contribution in [2.24, 2.45) is 0 Å². The van der Waals surface area contributed by atoms with Gasteiger partial charge in [0.1, 0.15) is 0 Å². The molecule has 0 atom stereocenters. The fraction of sp³-hybridized carbons (Fsp3) is 0. The molecule has 2 nitrogen and oxygen atoms in total. The Morgan fingerprint density at radius 3 is 2.41 bits per heavy atom. The summed E-state index contributed by atoms with van der Waals surface area (Å²) in [5, 5.41) is 8.41. The molecule has 1 amide bonds. The minimum absolute atomic E-state index is 0.120. The zero-order chi connectivity index (χ0) is 19.6. The number of nitrogens with one attached hydrogen (secondary N) is 1. The molecular formula is C26H18NOS. The highest BCUT2D eigenvalue weighted by Crippen LogP contribution is 2.32. The third kappa shape index (κ3) is 3.65. The number of rotatable bonds is 4. The van der Waals surface area contributed by atoms with Gasteiger partial charge >= 0.3 is 0 Å². The number of carbonyl (C=O) groups excluding carboxylic acids is 1. The summed E-state index contributed by atoms with van der Waals surface area (Å²) < 4.78 is 1.18. The highest BCUT2D eigenvalue weighted by Gasteiger charge is 2.11. The van der Waals surface area contributed by atoms with Gasteiger partial charge in [0.25, 0.3) is 0 Å². The van der Waals surface area contributed by atoms with E-state index >= 15 is 0 Å². The van der Waals surface area contributed by atoms with Crippen LogP contribution in [0.15, 0.2) is 96.4 Å². The second-order valence-corrected chi connectivity index (χ2v) is 7.87. The summed E-state index contributed by atoms with van der Waals surface area (Å²) in [6.07, 6.45) is 1.68. The molecule has 3 heteroatoms. The van der Waals surface area contributed by atoms with Crippen LogP contribution in [0.4, 0.5) is 5.69 Å². The van der Waals surface area contributed by atoms with E-state index in [0.717, 1.165) is 33.0 Å². The SMILES string of the molecule is O=C([CH]c1csc2ccc(-c3ccccc3)cc12)Nc1ccc2ccccc2c1. The number of amides is 1. The number of anilines is 1. The van der Waals surface area contributed by atoms with Crippen LogP contribution in [0.2, 0.25) is 0 Å². The maximum atomic E-state index is 12.7. The molecule has 1 heterocycles. The van der Waals surface area contributed by atoms with E-state index in [4.69, 9.17) is 0 Å². The fourth-order valence-electron chi connectivity index (χ4n) is 3.56. The predicted molar refractivity (Wildman–Crippen MR) is 123 cm³/mol. The first-order valence-electron chi connectivity index (χ1n) is 9.47. The van der Waals surface area contributed by atoms with Crippen LogP contribution in [0.25, 0.3) is 32.0 Å². The molecule has 4 aromatic carbocycles. The lowest BCUT2D eigenvalue weighted by atomic mass is 10.0. The summed E-state index contributed by atoms with van der Waals surface area (Å²) >= 11 is 1.66. The number of thiophene rings is 1. The largest absolute Gasteiger partial charge is 0.326 e. The first kappa shape index (κ1) is 17.7. The van der Waals surface area contributed by atoms with Gasteiger partial charge in [-0.05, 0) is 62.5 Å². The molecule has 0 aliphatic rings. The summed E-state index contributed by atoms with van der Waals surface area (Å²) in [7, 11) is 0. The van der Waals surface area contributed by atoms with Crippen LogP contribution >= 0.6 is 11.3 Å². The third-order valence-corrected chi connectivity index (χ3v) is 6.00. The van der Waals surface area contributed by atoms with Gasteiger partial charge in [-0.1, -0.05) is 66.7 Å². The quantitative estimate of drug-likeness (QED) is 0.354. The van der Waals surface area contributed by atoms with Crippen molar-refractivity contribution in [3.05, 3.63) is 108 Å². The van der Waals surface area contributed by atoms with Crippen LogP contribution in [0.5, 0.6) is 0 Å². The van der Waals surface area contributed by atoms with Gasteiger partial charge in [0.05, 0.1) is 6.42 Å². The van der Waals surface area contributed by atoms with E-state index in [0.29, 0.717) is 0 Å². The average Bonchev–Trinajstić information content (AvgIpc) is 3.16. The second kappa shape index (κ2) is 7.53. The standard InChI is InChI=1S/C26H18NOS/c28-26(27-23-12-10-19-8-4-5-9-20(19)14-23)16-22-17-29-25-13-11-21(15-24(22)25)18-6-2-1-3-7-18/h1-17H,(H,27,28). The average molecular weight is 393 g/mol. The summed E-state index contributed by atoms with van der Waals surface area (Å²) in [6.45, 7) is 0. The Bertz CT molecular complexity index is 1320. The summed E-state index contributed by atoms with van der Waals surface area (Å²) in [6, 6.07) is 30.8. The summed E-state index contributed by atoms with van der Waals surface area (Å²) in [5.41, 5.74) is 4.07. The van der Waals surface area contributed by atoms with Crippen molar-refractivity contribution in [3.8, 4) is 11.1 Å². The Morgan fingerprint density at radius 1 is 0.759 bits per heavy atom. The maximum absolute atomic E-state index is 12.7. The van der Waals surface area contributed by atoms with Crippen molar-refractivity contribution in [2.45, 2.75) is 0 Å². The first-order chi connectivity index (χ1) is 14.3. The lowest BCUT2D eigenvalue weighted by Crippen LogP contribution is -2.12. The van der Waals surface area contributed by atoms with Crippen molar-refractivity contribution < 1.29 is 4.79 Å². The van der Waals surface area contributed by atoms with Gasteiger partial charge < -0.3 is 5.32 Å². The minimum Gasteiger partial charge on any atom is -0.326 e. The van der Waals surface area contributed by atoms with Gasteiger partial charge in [0.2, 0.25) is 5.91 Å². The van der Waals surface area contributed by atoms with Crippen molar-refractivity contribution in [1.29, 1.82) is 0 Å². The number of carbonyl (C=O) groups is 1. The lowest BCUT2D eigenvalue weighted by Gasteiger charge is -2.07. The van der Waals surface area contributed by atoms with Crippen LogP contribution in [0.3, 0.4) is 0 Å². The molecule has 0 fully saturated rings. The van der Waals surface area contributed by atoms with Crippen LogP contribution in [0.1, 0.15) is 5.56 Å². The van der Waals surface area contributed by atoms with Gasteiger partial charge in [0, 0.05) is 10.4 Å². The Balaban J connectivity index is 1.39. The highest BCUT2D eigenvalue weighted by atomic mass is 32.1. The van der Waals surface area contributed by atoms with Gasteiger partial charge in [-0.3, -0.25) is 4.79 Å². The van der Waals surface area contributed by atoms with E-state index in [1.165, 1.54) is 10.3 Å². The molecule has 0 unspecified atom stereocenters. The second-order valence-electron chi connectivity index (χ2n) is 6.96. The Hall–Kier alpha value is -3.43. The molecule has 5 aromatic rings. The molecule has 0 bridgehead atoms. The van der Waals surface area contributed by atoms with Gasteiger partial charge in [-0.2, -0.15) is 0 Å². The molecule has 0 aliphatic heterocycles. The summed E-state index contributed by atoms with van der Waals surface area (Å²) in [5.74, 6) is -0.120. The zero-order valence-corrected chi connectivity index (χ0v) is 16.4. The number of benzene rings is 4. The zero-order valence-electron chi connectivity index (χ0n) is 15.6. The minimum atomic E-state index is -0.120.